The Kier molecular flexibility index (Phi) is 6.98. The van der Waals surface area contributed by atoms with E-state index in [0.717, 1.165) is 12.1 Å². The fourth-order valence-corrected chi connectivity index (χ4v) is 3.33. The minimum absolute atomic E-state index is 0.0665. The van der Waals surface area contributed by atoms with Crippen molar-refractivity contribution >= 4 is 21.6 Å². The molecule has 0 saturated carbocycles. The lowest BCUT2D eigenvalue weighted by atomic mass is 10.1. The Morgan fingerprint density at radius 3 is 2.13 bits per heavy atom. The molecule has 1 aromatic heterocycles. The van der Waals surface area contributed by atoms with Crippen LogP contribution >= 0.6 is 0 Å². The van der Waals surface area contributed by atoms with Crippen LogP contribution in [0.5, 0.6) is 11.8 Å². The molecule has 0 radical (unpaired) electrons. The number of amides is 1. The molecule has 170 valence electrons. The van der Waals surface area contributed by atoms with Crippen LogP contribution in [-0.4, -0.2) is 50.4 Å². The standard InChI is InChI=1S/C16H13F6N3O5S/c1-29-11-7-12(30-2)24-10(23-11)6-8-4-3-5-9(17)13(8)25(14(26)16(20,21)22)31(27,28)15(18)19/h3-5,7,15H,6H2,1-2H3. The first-order chi connectivity index (χ1) is 14.3. The van der Waals surface area contributed by atoms with Crippen LogP contribution in [-0.2, 0) is 21.2 Å². The Balaban J connectivity index is 2.72. The molecule has 0 unspecified atom stereocenters. The molecule has 0 aliphatic heterocycles. The topological polar surface area (TPSA) is 98.7 Å². The predicted octanol–water partition coefficient (Wildman–Crippen LogP) is 2.67. The third-order valence-electron chi connectivity index (χ3n) is 3.67. The highest BCUT2D eigenvalue weighted by atomic mass is 32.2. The van der Waals surface area contributed by atoms with E-state index < -0.39 is 55.7 Å². The summed E-state index contributed by atoms with van der Waals surface area (Å²) >= 11 is 0. The maximum atomic E-state index is 14.5. The molecular formula is C16H13F6N3O5S. The monoisotopic (exact) mass is 473 g/mol. The van der Waals surface area contributed by atoms with Gasteiger partial charge < -0.3 is 9.47 Å². The molecule has 1 aromatic carbocycles. The Bertz CT molecular complexity index is 1060. The molecule has 0 atom stereocenters. The number of hydrogen-bond donors (Lipinski definition) is 0. The fourth-order valence-electron chi connectivity index (χ4n) is 2.38. The SMILES string of the molecule is COc1cc(OC)nc(Cc2cccc(F)c2N(C(=O)C(F)(F)F)S(=O)(=O)C(F)F)n1. The van der Waals surface area contributed by atoms with Gasteiger partial charge in [-0.3, -0.25) is 4.79 Å². The van der Waals surface area contributed by atoms with Gasteiger partial charge in [0.1, 0.15) is 11.6 Å². The summed E-state index contributed by atoms with van der Waals surface area (Å²) in [6.07, 6.45) is -6.57. The predicted molar refractivity (Wildman–Crippen MR) is 92.8 cm³/mol. The average molecular weight is 473 g/mol. The van der Waals surface area contributed by atoms with Crippen molar-refractivity contribution in [1.29, 1.82) is 0 Å². The number of sulfonamides is 1. The molecule has 0 spiro atoms. The van der Waals surface area contributed by atoms with Crippen LogP contribution in [0.2, 0.25) is 0 Å². The molecule has 15 heteroatoms. The second-order valence-corrected chi connectivity index (χ2v) is 7.42. The number of carbonyl (C=O) groups is 1. The van der Waals surface area contributed by atoms with Crippen LogP contribution in [0.4, 0.5) is 32.0 Å². The number of benzene rings is 1. The fraction of sp³-hybridized carbons (Fsp3) is 0.312. The number of carbonyl (C=O) groups excluding carboxylic acids is 1. The van der Waals surface area contributed by atoms with E-state index >= 15 is 0 Å². The first kappa shape index (κ1) is 24.2. The van der Waals surface area contributed by atoms with Crippen molar-refractivity contribution in [3.8, 4) is 11.8 Å². The lowest BCUT2D eigenvalue weighted by molar-refractivity contribution is -0.169. The summed E-state index contributed by atoms with van der Waals surface area (Å²) < 4.78 is 112. The number of nitrogens with zero attached hydrogens (tertiary/aromatic N) is 3. The summed E-state index contributed by atoms with van der Waals surface area (Å²) in [5.74, 6) is -9.72. The van der Waals surface area contributed by atoms with Crippen LogP contribution in [0.25, 0.3) is 0 Å². The van der Waals surface area contributed by atoms with Crippen LogP contribution in [0.3, 0.4) is 0 Å². The van der Waals surface area contributed by atoms with Crippen molar-refractivity contribution < 1.29 is 49.0 Å². The lowest BCUT2D eigenvalue weighted by Gasteiger charge is -2.25. The van der Waals surface area contributed by atoms with Gasteiger partial charge in [0.15, 0.2) is 0 Å². The van der Waals surface area contributed by atoms with Crippen LogP contribution in [0.15, 0.2) is 24.3 Å². The van der Waals surface area contributed by atoms with Gasteiger partial charge in [-0.15, -0.1) is 0 Å². The van der Waals surface area contributed by atoms with Gasteiger partial charge in [-0.25, -0.2) is 4.39 Å². The van der Waals surface area contributed by atoms with E-state index in [0.29, 0.717) is 6.07 Å². The van der Waals surface area contributed by atoms with Crippen LogP contribution in [0.1, 0.15) is 11.4 Å². The summed E-state index contributed by atoms with van der Waals surface area (Å²) in [5.41, 5.74) is -2.13. The van der Waals surface area contributed by atoms with Gasteiger partial charge in [-0.2, -0.15) is 44.6 Å². The first-order valence-electron chi connectivity index (χ1n) is 7.99. The summed E-state index contributed by atoms with van der Waals surface area (Å²) in [6, 6.07) is 3.63. The molecule has 0 bridgehead atoms. The molecule has 31 heavy (non-hydrogen) atoms. The zero-order chi connectivity index (χ0) is 23.6. The van der Waals surface area contributed by atoms with E-state index in [-0.39, 0.29) is 17.6 Å². The number of hydrogen-bond acceptors (Lipinski definition) is 7. The number of halogens is 6. The molecule has 0 aliphatic carbocycles. The molecule has 0 aliphatic rings. The van der Waals surface area contributed by atoms with Crippen LogP contribution < -0.4 is 13.8 Å². The van der Waals surface area contributed by atoms with E-state index in [9.17, 15) is 39.6 Å². The van der Waals surface area contributed by atoms with Gasteiger partial charge >= 0.3 is 27.9 Å². The van der Waals surface area contributed by atoms with Crippen molar-refractivity contribution in [2.75, 3.05) is 18.5 Å². The average Bonchev–Trinajstić information content (AvgIpc) is 2.68. The van der Waals surface area contributed by atoms with E-state index in [4.69, 9.17) is 9.47 Å². The van der Waals surface area contributed by atoms with E-state index in [1.54, 1.807) is 0 Å². The van der Waals surface area contributed by atoms with Crippen LogP contribution in [0, 0.1) is 5.82 Å². The van der Waals surface area contributed by atoms with E-state index in [1.165, 1.54) is 20.3 Å². The highest BCUT2D eigenvalue weighted by molar-refractivity contribution is 7.93. The summed E-state index contributed by atoms with van der Waals surface area (Å²) in [5, 5.41) is 0. The third kappa shape index (κ3) is 5.15. The van der Waals surface area contributed by atoms with Gasteiger partial charge in [0, 0.05) is 6.42 Å². The summed E-state index contributed by atoms with van der Waals surface area (Å²) in [4.78, 5) is 19.4. The zero-order valence-corrected chi connectivity index (χ0v) is 16.5. The Hall–Kier alpha value is -3.10. The first-order valence-corrected chi connectivity index (χ1v) is 9.50. The normalized spacial score (nSPS) is 12.0. The molecule has 2 rings (SSSR count). The quantitative estimate of drug-likeness (QED) is 0.571. The molecule has 2 aromatic rings. The molecule has 1 amide bonds. The second-order valence-electron chi connectivity index (χ2n) is 5.67. The number of alkyl halides is 5. The minimum atomic E-state index is -6.24. The maximum absolute atomic E-state index is 14.5. The van der Waals surface area contributed by atoms with Crippen molar-refractivity contribution in [3.05, 3.63) is 41.5 Å². The summed E-state index contributed by atoms with van der Waals surface area (Å²) in [6.45, 7) is 0. The van der Waals surface area contributed by atoms with E-state index in [2.05, 4.69) is 9.97 Å². The molecule has 1 heterocycles. The third-order valence-corrected chi connectivity index (χ3v) is 4.98. The van der Waals surface area contributed by atoms with Gasteiger partial charge in [0.2, 0.25) is 11.8 Å². The van der Waals surface area contributed by atoms with Gasteiger partial charge in [0.05, 0.1) is 26.0 Å². The van der Waals surface area contributed by atoms with Gasteiger partial charge in [0.25, 0.3) is 0 Å². The molecule has 0 fully saturated rings. The number of aromatic nitrogens is 2. The molecular weight excluding hydrogens is 460 g/mol. The van der Waals surface area contributed by atoms with E-state index in [1.807, 2.05) is 0 Å². The Morgan fingerprint density at radius 1 is 1.13 bits per heavy atom. The smallest absolute Gasteiger partial charge is 0.472 e. The number of para-hydroxylation sites is 1. The van der Waals surface area contributed by atoms with Crippen molar-refractivity contribution in [2.24, 2.45) is 0 Å². The van der Waals surface area contributed by atoms with Crippen molar-refractivity contribution in [1.82, 2.24) is 9.97 Å². The summed E-state index contributed by atoms with van der Waals surface area (Å²) in [7, 11) is -3.80. The Labute approximate surface area is 171 Å². The number of methoxy groups -OCH3 is 2. The number of ether oxygens (including phenoxy) is 2. The van der Waals surface area contributed by atoms with Gasteiger partial charge in [-0.1, -0.05) is 12.1 Å². The van der Waals surface area contributed by atoms with Gasteiger partial charge in [-0.05, 0) is 11.6 Å². The zero-order valence-electron chi connectivity index (χ0n) is 15.7. The van der Waals surface area contributed by atoms with Crippen molar-refractivity contribution in [2.45, 2.75) is 18.4 Å². The maximum Gasteiger partial charge on any atom is 0.472 e. The number of anilines is 1. The molecule has 0 saturated heterocycles. The molecule has 0 N–H and O–H groups in total. The second kappa shape index (κ2) is 8.95. The molecule has 8 nitrogen and oxygen atoms in total. The minimum Gasteiger partial charge on any atom is -0.481 e. The Morgan fingerprint density at radius 2 is 1.68 bits per heavy atom. The highest BCUT2D eigenvalue weighted by Gasteiger charge is 2.51. The number of rotatable bonds is 7. The largest absolute Gasteiger partial charge is 0.481 e. The lowest BCUT2D eigenvalue weighted by Crippen LogP contribution is -2.48. The highest BCUT2D eigenvalue weighted by Crippen LogP contribution is 2.34. The van der Waals surface area contributed by atoms with Crippen molar-refractivity contribution in [3.63, 3.8) is 0 Å².